The minimum Gasteiger partial charge on any atom is -0.477 e. The summed E-state index contributed by atoms with van der Waals surface area (Å²) in [4.78, 5) is 18.2. The minimum absolute atomic E-state index is 0.401. The van der Waals surface area contributed by atoms with Crippen LogP contribution in [0.2, 0.25) is 0 Å². The number of carboxylic acids is 1. The molecule has 94 valence electrons. The molecule has 1 aromatic rings. The van der Waals surface area contributed by atoms with Gasteiger partial charge in [-0.3, -0.25) is 0 Å². The van der Waals surface area contributed by atoms with E-state index in [1.807, 2.05) is 0 Å². The first kappa shape index (κ1) is 12.5. The number of hydrogen-bond donors (Lipinski definition) is 1. The number of hydrogen-bond acceptors (Lipinski definition) is 4. The fourth-order valence-corrected chi connectivity index (χ4v) is 3.36. The van der Waals surface area contributed by atoms with Gasteiger partial charge in [-0.05, 0) is 39.4 Å². The Labute approximate surface area is 105 Å². The Bertz CT molecular complexity index is 409. The number of aromatic carboxylic acids is 1. The van der Waals surface area contributed by atoms with Crippen LogP contribution < -0.4 is 0 Å². The van der Waals surface area contributed by atoms with Gasteiger partial charge in [0.2, 0.25) is 0 Å². The molecule has 0 radical (unpaired) electrons. The normalized spacial score (nSPS) is 18.5. The lowest BCUT2D eigenvalue weighted by Gasteiger charge is -2.29. The van der Waals surface area contributed by atoms with Crippen molar-refractivity contribution in [3.05, 3.63) is 15.6 Å². The van der Waals surface area contributed by atoms with Gasteiger partial charge in [0.25, 0.3) is 0 Å². The highest BCUT2D eigenvalue weighted by atomic mass is 32.1. The van der Waals surface area contributed by atoms with Crippen molar-refractivity contribution in [2.24, 2.45) is 0 Å². The van der Waals surface area contributed by atoms with Crippen molar-refractivity contribution in [2.45, 2.75) is 32.6 Å². The molecule has 5 heteroatoms. The molecule has 0 aromatic carbocycles. The maximum absolute atomic E-state index is 11.0. The van der Waals surface area contributed by atoms with Crippen molar-refractivity contribution in [3.63, 3.8) is 0 Å². The van der Waals surface area contributed by atoms with E-state index < -0.39 is 5.97 Å². The topological polar surface area (TPSA) is 53.4 Å². The molecule has 0 spiro atoms. The summed E-state index contributed by atoms with van der Waals surface area (Å²) in [5.74, 6) is -0.396. The predicted molar refractivity (Wildman–Crippen MR) is 67.9 cm³/mol. The molecule has 4 nitrogen and oxygen atoms in total. The van der Waals surface area contributed by atoms with Crippen molar-refractivity contribution in [2.75, 3.05) is 19.6 Å². The zero-order valence-corrected chi connectivity index (χ0v) is 11.1. The highest BCUT2D eigenvalue weighted by Crippen LogP contribution is 2.32. The molecule has 0 atom stereocenters. The maximum atomic E-state index is 11.0. The number of nitrogens with zero attached hydrogens (tertiary/aromatic N) is 2. The first-order valence-electron chi connectivity index (χ1n) is 6.04. The van der Waals surface area contributed by atoms with Crippen LogP contribution in [-0.2, 0) is 0 Å². The quantitative estimate of drug-likeness (QED) is 0.899. The van der Waals surface area contributed by atoms with Crippen LogP contribution in [0.5, 0.6) is 0 Å². The second-order valence-corrected chi connectivity index (χ2v) is 5.51. The first-order valence-corrected chi connectivity index (χ1v) is 6.86. The number of carboxylic acid groups (broad SMARTS) is 1. The van der Waals surface area contributed by atoms with Gasteiger partial charge in [0.15, 0.2) is 0 Å². The lowest BCUT2D eigenvalue weighted by molar-refractivity contribution is 0.0701. The average Bonchev–Trinajstić information content (AvgIpc) is 2.71. The summed E-state index contributed by atoms with van der Waals surface area (Å²) in [6.07, 6.45) is 2.19. The van der Waals surface area contributed by atoms with Crippen LogP contribution in [0.3, 0.4) is 0 Å². The van der Waals surface area contributed by atoms with Crippen LogP contribution in [-0.4, -0.2) is 40.6 Å². The number of carbonyl (C=O) groups is 1. The summed E-state index contributed by atoms with van der Waals surface area (Å²) >= 11 is 1.35. The number of aromatic nitrogens is 1. The van der Waals surface area contributed by atoms with Crippen LogP contribution in [0.15, 0.2) is 0 Å². The smallest absolute Gasteiger partial charge is 0.347 e. The molecular formula is C12H18N2O2S. The number of aryl methyl sites for hydroxylation is 1. The molecule has 0 unspecified atom stereocenters. The molecule has 1 fully saturated rings. The molecule has 0 amide bonds. The highest BCUT2D eigenvalue weighted by Gasteiger charge is 2.24. The van der Waals surface area contributed by atoms with Crippen LogP contribution in [0.4, 0.5) is 0 Å². The lowest BCUT2D eigenvalue weighted by atomic mass is 9.98. The number of piperidine rings is 1. The average molecular weight is 254 g/mol. The van der Waals surface area contributed by atoms with E-state index in [9.17, 15) is 4.79 Å². The van der Waals surface area contributed by atoms with Gasteiger partial charge in [-0.1, -0.05) is 6.92 Å². The van der Waals surface area contributed by atoms with E-state index in [0.29, 0.717) is 16.5 Å². The number of rotatable bonds is 3. The Morgan fingerprint density at radius 2 is 2.18 bits per heavy atom. The molecule has 1 N–H and O–H groups in total. The maximum Gasteiger partial charge on any atom is 0.347 e. The fourth-order valence-electron chi connectivity index (χ4n) is 2.29. The fraction of sp³-hybridized carbons (Fsp3) is 0.667. The Morgan fingerprint density at radius 3 is 2.65 bits per heavy atom. The summed E-state index contributed by atoms with van der Waals surface area (Å²) in [6.45, 7) is 7.26. The molecule has 1 aliphatic heterocycles. The lowest BCUT2D eigenvalue weighted by Crippen LogP contribution is -2.32. The Morgan fingerprint density at radius 1 is 1.53 bits per heavy atom. The zero-order chi connectivity index (χ0) is 12.4. The van der Waals surface area contributed by atoms with E-state index in [1.54, 1.807) is 6.92 Å². The van der Waals surface area contributed by atoms with Gasteiger partial charge in [-0.15, -0.1) is 11.3 Å². The van der Waals surface area contributed by atoms with E-state index in [1.165, 1.54) is 11.3 Å². The van der Waals surface area contributed by atoms with Crippen LogP contribution >= 0.6 is 11.3 Å². The molecule has 0 aliphatic carbocycles. The molecule has 1 aliphatic rings. The molecule has 0 bridgehead atoms. The van der Waals surface area contributed by atoms with Gasteiger partial charge < -0.3 is 10.0 Å². The molecule has 17 heavy (non-hydrogen) atoms. The summed E-state index contributed by atoms with van der Waals surface area (Å²) in [6, 6.07) is 0. The zero-order valence-electron chi connectivity index (χ0n) is 10.3. The van der Waals surface area contributed by atoms with Crippen molar-refractivity contribution < 1.29 is 9.90 Å². The van der Waals surface area contributed by atoms with Crippen molar-refractivity contribution in [1.82, 2.24) is 9.88 Å². The van der Waals surface area contributed by atoms with Crippen molar-refractivity contribution in [1.29, 1.82) is 0 Å². The molecular weight excluding hydrogens is 236 g/mol. The van der Waals surface area contributed by atoms with E-state index in [2.05, 4.69) is 16.8 Å². The Kier molecular flexibility index (Phi) is 3.79. The van der Waals surface area contributed by atoms with E-state index in [-0.39, 0.29) is 0 Å². The van der Waals surface area contributed by atoms with E-state index >= 15 is 0 Å². The van der Waals surface area contributed by atoms with Crippen molar-refractivity contribution in [3.8, 4) is 0 Å². The van der Waals surface area contributed by atoms with Gasteiger partial charge >= 0.3 is 5.97 Å². The van der Waals surface area contributed by atoms with E-state index in [4.69, 9.17) is 5.11 Å². The second-order valence-electron chi connectivity index (χ2n) is 4.48. The largest absolute Gasteiger partial charge is 0.477 e. The standard InChI is InChI=1S/C12H18N2O2S/c1-3-14-6-4-9(5-7-14)11-13-8(2)10(17-11)12(15)16/h9H,3-7H2,1-2H3,(H,15,16). The molecule has 1 saturated heterocycles. The van der Waals surface area contributed by atoms with Crippen LogP contribution in [0, 0.1) is 6.92 Å². The number of likely N-dealkylation sites (tertiary alicyclic amines) is 1. The third kappa shape index (κ3) is 2.66. The summed E-state index contributed by atoms with van der Waals surface area (Å²) < 4.78 is 0. The van der Waals surface area contributed by atoms with Crippen molar-refractivity contribution >= 4 is 17.3 Å². The monoisotopic (exact) mass is 254 g/mol. The third-order valence-electron chi connectivity index (χ3n) is 3.39. The minimum atomic E-state index is -0.850. The van der Waals surface area contributed by atoms with E-state index in [0.717, 1.165) is 37.5 Å². The van der Waals surface area contributed by atoms with Crippen LogP contribution in [0.1, 0.15) is 46.1 Å². The molecule has 2 rings (SSSR count). The van der Waals surface area contributed by atoms with Gasteiger partial charge in [0.1, 0.15) is 4.88 Å². The Hall–Kier alpha value is -0.940. The van der Waals surface area contributed by atoms with Gasteiger partial charge in [0.05, 0.1) is 10.7 Å². The third-order valence-corrected chi connectivity index (χ3v) is 4.70. The second kappa shape index (κ2) is 5.14. The Balaban J connectivity index is 2.08. The molecule has 2 heterocycles. The summed E-state index contributed by atoms with van der Waals surface area (Å²) in [7, 11) is 0. The van der Waals surface area contributed by atoms with Crippen LogP contribution in [0.25, 0.3) is 0 Å². The first-order chi connectivity index (χ1) is 8.11. The predicted octanol–water partition coefficient (Wildman–Crippen LogP) is 2.35. The SMILES string of the molecule is CCN1CCC(c2nc(C)c(C(=O)O)s2)CC1. The number of thiazole rings is 1. The van der Waals surface area contributed by atoms with Gasteiger partial charge in [-0.25, -0.2) is 9.78 Å². The summed E-state index contributed by atoms with van der Waals surface area (Å²) in [5, 5.41) is 10.0. The van der Waals surface area contributed by atoms with Gasteiger partial charge in [-0.2, -0.15) is 0 Å². The molecule has 1 aromatic heterocycles. The summed E-state index contributed by atoms with van der Waals surface area (Å²) in [5.41, 5.74) is 0.662. The molecule has 0 saturated carbocycles. The highest BCUT2D eigenvalue weighted by molar-refractivity contribution is 7.13. The van der Waals surface area contributed by atoms with Gasteiger partial charge in [0, 0.05) is 5.92 Å².